The molecule has 0 saturated carbocycles. The molecule has 0 atom stereocenters. The monoisotopic (exact) mass is 369 g/mol. The molecule has 136 valence electrons. The summed E-state index contributed by atoms with van der Waals surface area (Å²) in [6.07, 6.45) is 1.64. The summed E-state index contributed by atoms with van der Waals surface area (Å²) in [5.74, 6) is 0.299. The molecule has 0 aromatic heterocycles. The highest BCUT2D eigenvalue weighted by molar-refractivity contribution is 6.33. The highest BCUT2D eigenvalue weighted by atomic mass is 16.6. The van der Waals surface area contributed by atoms with Crippen molar-refractivity contribution in [1.82, 2.24) is 0 Å². The highest BCUT2D eigenvalue weighted by Gasteiger charge is 2.32. The van der Waals surface area contributed by atoms with Crippen molar-refractivity contribution in [3.8, 4) is 0 Å². The molecule has 1 amide bonds. The maximum atomic E-state index is 13.1. The summed E-state index contributed by atoms with van der Waals surface area (Å²) in [7, 11) is 0. The fourth-order valence-electron chi connectivity index (χ4n) is 2.96. The van der Waals surface area contributed by atoms with Crippen LogP contribution < -0.4 is 4.90 Å². The molecule has 1 aliphatic heterocycles. The molecular formula is C22H15N3O3. The van der Waals surface area contributed by atoms with Crippen LogP contribution in [0.15, 0.2) is 95.6 Å². The second-order valence-corrected chi connectivity index (χ2v) is 6.16. The SMILES string of the molecule is O=C1/C(=C\c2ccc([N+](=O)[O-])cc2)N=C(c2ccccc2)N1c1ccccc1. The Hall–Kier alpha value is -4.06. The van der Waals surface area contributed by atoms with E-state index >= 15 is 0 Å². The largest absolute Gasteiger partial charge is 0.282 e. The van der Waals surface area contributed by atoms with Gasteiger partial charge in [0.25, 0.3) is 11.6 Å². The Kier molecular flexibility index (Phi) is 4.51. The van der Waals surface area contributed by atoms with Crippen LogP contribution in [0.3, 0.4) is 0 Å². The zero-order valence-electron chi connectivity index (χ0n) is 14.7. The molecule has 0 bridgehead atoms. The summed E-state index contributed by atoms with van der Waals surface area (Å²) in [6.45, 7) is 0. The van der Waals surface area contributed by atoms with E-state index in [1.807, 2.05) is 60.7 Å². The Labute approximate surface area is 161 Å². The highest BCUT2D eigenvalue weighted by Crippen LogP contribution is 2.28. The van der Waals surface area contributed by atoms with E-state index in [9.17, 15) is 14.9 Å². The third-order valence-corrected chi connectivity index (χ3v) is 4.31. The van der Waals surface area contributed by atoms with Crippen LogP contribution >= 0.6 is 0 Å². The van der Waals surface area contributed by atoms with Crippen molar-refractivity contribution >= 4 is 29.2 Å². The fraction of sp³-hybridized carbons (Fsp3) is 0. The Balaban J connectivity index is 1.77. The van der Waals surface area contributed by atoms with Crippen LogP contribution in [0.25, 0.3) is 6.08 Å². The van der Waals surface area contributed by atoms with Gasteiger partial charge in [0, 0.05) is 17.7 Å². The molecule has 1 aliphatic rings. The number of nitro benzene ring substituents is 1. The van der Waals surface area contributed by atoms with Gasteiger partial charge >= 0.3 is 0 Å². The topological polar surface area (TPSA) is 75.8 Å². The van der Waals surface area contributed by atoms with E-state index in [2.05, 4.69) is 4.99 Å². The fourth-order valence-corrected chi connectivity index (χ4v) is 2.96. The van der Waals surface area contributed by atoms with Crippen molar-refractivity contribution in [2.45, 2.75) is 0 Å². The van der Waals surface area contributed by atoms with Crippen molar-refractivity contribution in [2.75, 3.05) is 4.90 Å². The zero-order valence-corrected chi connectivity index (χ0v) is 14.7. The average Bonchev–Trinajstić information content (AvgIpc) is 3.06. The number of nitro groups is 1. The summed E-state index contributed by atoms with van der Waals surface area (Å²) >= 11 is 0. The number of anilines is 1. The van der Waals surface area contributed by atoms with Crippen LogP contribution in [0.4, 0.5) is 11.4 Å². The first-order chi connectivity index (χ1) is 13.6. The molecule has 28 heavy (non-hydrogen) atoms. The lowest BCUT2D eigenvalue weighted by molar-refractivity contribution is -0.384. The van der Waals surface area contributed by atoms with Crippen molar-refractivity contribution in [2.24, 2.45) is 4.99 Å². The molecule has 6 heteroatoms. The molecular weight excluding hydrogens is 354 g/mol. The zero-order chi connectivity index (χ0) is 19.5. The lowest BCUT2D eigenvalue weighted by atomic mass is 10.1. The molecule has 3 aromatic carbocycles. The number of aliphatic imine (C=N–C) groups is 1. The molecule has 0 spiro atoms. The lowest BCUT2D eigenvalue weighted by Crippen LogP contribution is -2.32. The predicted octanol–water partition coefficient (Wildman–Crippen LogP) is 4.43. The Morgan fingerprint density at radius 1 is 0.857 bits per heavy atom. The van der Waals surface area contributed by atoms with Gasteiger partial charge in [-0.2, -0.15) is 0 Å². The molecule has 3 aromatic rings. The Morgan fingerprint density at radius 2 is 1.46 bits per heavy atom. The van der Waals surface area contributed by atoms with E-state index in [0.717, 1.165) is 11.3 Å². The maximum Gasteiger partial charge on any atom is 0.282 e. The van der Waals surface area contributed by atoms with Gasteiger partial charge in [0.15, 0.2) is 0 Å². The molecule has 0 N–H and O–H groups in total. The predicted molar refractivity (Wildman–Crippen MR) is 108 cm³/mol. The molecule has 1 heterocycles. The minimum Gasteiger partial charge on any atom is -0.266 e. The maximum absolute atomic E-state index is 13.1. The summed E-state index contributed by atoms with van der Waals surface area (Å²) < 4.78 is 0. The third-order valence-electron chi connectivity index (χ3n) is 4.31. The van der Waals surface area contributed by atoms with Crippen molar-refractivity contribution < 1.29 is 9.72 Å². The summed E-state index contributed by atoms with van der Waals surface area (Å²) in [5.41, 5.74) is 2.49. The van der Waals surface area contributed by atoms with E-state index < -0.39 is 4.92 Å². The van der Waals surface area contributed by atoms with Gasteiger partial charge in [0.1, 0.15) is 11.5 Å². The van der Waals surface area contributed by atoms with Crippen LogP contribution in [0.5, 0.6) is 0 Å². The van der Waals surface area contributed by atoms with Crippen molar-refractivity contribution in [1.29, 1.82) is 0 Å². The van der Waals surface area contributed by atoms with Gasteiger partial charge in [-0.3, -0.25) is 19.8 Å². The van der Waals surface area contributed by atoms with Crippen LogP contribution in [0, 0.1) is 10.1 Å². The van der Waals surface area contributed by atoms with Crippen molar-refractivity contribution in [3.63, 3.8) is 0 Å². The normalized spacial score (nSPS) is 15.0. The van der Waals surface area contributed by atoms with E-state index in [4.69, 9.17) is 0 Å². The molecule has 0 saturated heterocycles. The summed E-state index contributed by atoms with van der Waals surface area (Å²) in [5, 5.41) is 10.8. The number of amidine groups is 1. The number of hydrogen-bond donors (Lipinski definition) is 0. The van der Waals surface area contributed by atoms with Crippen LogP contribution in [-0.2, 0) is 4.79 Å². The van der Waals surface area contributed by atoms with Gasteiger partial charge < -0.3 is 0 Å². The third kappa shape index (κ3) is 3.31. The minimum atomic E-state index is -0.458. The lowest BCUT2D eigenvalue weighted by Gasteiger charge is -2.18. The smallest absolute Gasteiger partial charge is 0.266 e. The van der Waals surface area contributed by atoms with Crippen LogP contribution in [0.2, 0.25) is 0 Å². The van der Waals surface area contributed by atoms with Gasteiger partial charge in [0.2, 0.25) is 0 Å². The molecule has 0 fully saturated rings. The van der Waals surface area contributed by atoms with Gasteiger partial charge in [-0.05, 0) is 35.9 Å². The van der Waals surface area contributed by atoms with Crippen molar-refractivity contribution in [3.05, 3.63) is 112 Å². The number of hydrogen-bond acceptors (Lipinski definition) is 4. The second-order valence-electron chi connectivity index (χ2n) is 6.16. The standard InChI is InChI=1S/C22H15N3O3/c26-22-20(15-16-11-13-19(14-12-16)25(27)28)23-21(17-7-3-1-4-8-17)24(22)18-9-5-2-6-10-18/h1-15H/b20-15+. The molecule has 0 unspecified atom stereocenters. The molecule has 4 rings (SSSR count). The number of para-hydroxylation sites is 1. The first-order valence-corrected chi connectivity index (χ1v) is 8.63. The number of non-ortho nitro benzene ring substituents is 1. The summed E-state index contributed by atoms with van der Waals surface area (Å²) in [6, 6.07) is 24.8. The van der Waals surface area contributed by atoms with Gasteiger partial charge in [-0.1, -0.05) is 48.5 Å². The number of benzene rings is 3. The first kappa shape index (κ1) is 17.4. The first-order valence-electron chi connectivity index (χ1n) is 8.63. The number of nitrogens with zero attached hydrogens (tertiary/aromatic N) is 3. The second kappa shape index (κ2) is 7.28. The molecule has 0 radical (unpaired) electrons. The number of rotatable bonds is 4. The minimum absolute atomic E-state index is 0.000661. The van der Waals surface area contributed by atoms with Gasteiger partial charge in [0.05, 0.1) is 10.6 Å². The summed E-state index contributed by atoms with van der Waals surface area (Å²) in [4.78, 5) is 29.6. The van der Waals surface area contributed by atoms with Gasteiger partial charge in [-0.25, -0.2) is 4.99 Å². The van der Waals surface area contributed by atoms with E-state index in [0.29, 0.717) is 11.4 Å². The van der Waals surface area contributed by atoms with E-state index in [1.165, 1.54) is 12.1 Å². The number of carbonyl (C=O) groups is 1. The number of amides is 1. The van der Waals surface area contributed by atoms with E-state index in [-0.39, 0.29) is 17.3 Å². The molecule has 0 aliphatic carbocycles. The Morgan fingerprint density at radius 3 is 2.07 bits per heavy atom. The van der Waals surface area contributed by atoms with Crippen LogP contribution in [-0.4, -0.2) is 16.7 Å². The van der Waals surface area contributed by atoms with Crippen LogP contribution in [0.1, 0.15) is 11.1 Å². The molecule has 6 nitrogen and oxygen atoms in total. The quantitative estimate of drug-likeness (QED) is 0.388. The Bertz CT molecular complexity index is 1090. The van der Waals surface area contributed by atoms with E-state index in [1.54, 1.807) is 23.1 Å². The average molecular weight is 369 g/mol. The number of carbonyl (C=O) groups excluding carboxylic acids is 1. The van der Waals surface area contributed by atoms with Gasteiger partial charge in [-0.15, -0.1) is 0 Å².